The molecule has 0 saturated carbocycles. The first-order valence-corrected chi connectivity index (χ1v) is 48.9. The lowest BCUT2D eigenvalue weighted by Crippen LogP contribution is -2.50. The minimum Gasteiger partial charge on any atom is -0.393 e. The van der Waals surface area contributed by atoms with Gasteiger partial charge in [0.1, 0.15) is 0 Å². The number of anilines is 12. The number of nitrogens with one attached hydrogen (secondary N) is 2. The van der Waals surface area contributed by atoms with Crippen molar-refractivity contribution in [2.45, 2.75) is 135 Å². The van der Waals surface area contributed by atoms with Crippen molar-refractivity contribution in [3.05, 3.63) is 49.6 Å². The SMILES string of the molecule is C.C.CC(C)Cn1c(N2CCN(C(=O)C[C@@H](C)O)CC2)nc2c(N3CCOCC3)nc(-c3cnc(N)nc3)nc21.CC(C)Cn1c(N2CCN(C(=O)C[C@@H](C)O)CC2)nc2c(N3CCOCC3)nc(-c3cnc(N)nc3)nc21.CC(C)Cn1c(N2CCNCC2)nc2c(N3CCOCC3)nc(-c3cnc(N)nc3)nc21.CC(C)Cn1c(N2CCNCC2)nc2c(N3CCOCC3)nc(-c3cnc(N)nc3)nc21. The number of carbonyl (C=O) groups is 2. The topological polar surface area (TPSA) is 550 Å². The zero-order valence-electron chi connectivity index (χ0n) is 81.8. The van der Waals surface area contributed by atoms with Gasteiger partial charge < -0.3 is 112 Å². The Labute approximate surface area is 826 Å². The molecule has 2 amide bonds. The van der Waals surface area contributed by atoms with Crippen LogP contribution in [-0.4, -0.2) is 372 Å². The van der Waals surface area contributed by atoms with Crippen LogP contribution in [0.3, 0.4) is 0 Å². The van der Waals surface area contributed by atoms with E-state index in [0.29, 0.717) is 189 Å². The van der Waals surface area contributed by atoms with Crippen molar-refractivity contribution in [1.29, 1.82) is 0 Å². The quantitative estimate of drug-likeness (QED) is 0.0416. The Bertz CT molecular complexity index is 5780. The molecule has 142 heavy (non-hydrogen) atoms. The summed E-state index contributed by atoms with van der Waals surface area (Å²) in [6, 6.07) is 0. The molecule has 8 saturated heterocycles. The molecule has 8 aliphatic heterocycles. The number of piperazine rings is 4. The number of nitrogens with zero attached hydrogens (tertiary/aromatic N) is 34. The molecule has 12 N–H and O–H groups in total. The van der Waals surface area contributed by atoms with Crippen LogP contribution in [0.15, 0.2) is 49.6 Å². The molecule has 20 heterocycles. The molecule has 0 aromatic carbocycles. The summed E-state index contributed by atoms with van der Waals surface area (Å²) >= 11 is 0. The van der Waals surface area contributed by atoms with E-state index in [1.165, 1.54) is 0 Å². The summed E-state index contributed by atoms with van der Waals surface area (Å²) in [5, 5.41) is 26.1. The first-order chi connectivity index (χ1) is 67.8. The fourth-order valence-corrected chi connectivity index (χ4v) is 18.1. The number of morpholine rings is 4. The van der Waals surface area contributed by atoms with Gasteiger partial charge in [-0.2, -0.15) is 0 Å². The normalized spacial score (nSPS) is 17.2. The van der Waals surface area contributed by atoms with E-state index in [4.69, 9.17) is 102 Å². The molecule has 48 heteroatoms. The fraction of sp³-hybridized carbons (Fsp3) is 0.596. The Balaban J connectivity index is 0.000000143. The van der Waals surface area contributed by atoms with Gasteiger partial charge in [-0.15, -0.1) is 0 Å². The van der Waals surface area contributed by atoms with Gasteiger partial charge in [-0.3, -0.25) is 27.9 Å². The summed E-state index contributed by atoms with van der Waals surface area (Å²) < 4.78 is 31.2. The van der Waals surface area contributed by atoms with Gasteiger partial charge in [0, 0.05) is 233 Å². The van der Waals surface area contributed by atoms with Crippen LogP contribution < -0.4 is 72.8 Å². The minimum atomic E-state index is -0.645. The molecular weight excluding hydrogens is 1820 g/mol. The van der Waals surface area contributed by atoms with E-state index in [1.54, 1.807) is 63.4 Å². The Morgan fingerprint density at radius 2 is 0.500 bits per heavy atom. The molecule has 0 spiro atoms. The third-order valence-corrected chi connectivity index (χ3v) is 24.9. The number of aromatic nitrogens is 24. The van der Waals surface area contributed by atoms with Crippen LogP contribution in [0.2, 0.25) is 0 Å². The maximum atomic E-state index is 12.5. The lowest BCUT2D eigenvalue weighted by Gasteiger charge is -2.35. The number of hydrogen-bond donors (Lipinski definition) is 8. The molecule has 0 radical (unpaired) electrons. The Hall–Kier alpha value is -13.3. The molecule has 2 atom stereocenters. The van der Waals surface area contributed by atoms with E-state index >= 15 is 0 Å². The van der Waals surface area contributed by atoms with Crippen LogP contribution in [0.25, 0.3) is 90.2 Å². The lowest BCUT2D eigenvalue weighted by atomic mass is 10.2. The summed E-state index contributed by atoms with van der Waals surface area (Å²) in [6.07, 6.45) is 12.2. The van der Waals surface area contributed by atoms with Crippen LogP contribution in [0.5, 0.6) is 0 Å². The average Bonchev–Trinajstić information content (AvgIpc) is 1.61. The number of nitrogens with two attached hydrogens (primary N) is 4. The zero-order chi connectivity index (χ0) is 97.8. The smallest absolute Gasteiger partial charge is 0.225 e. The standard InChI is InChI=1S/2C25H36N10O3.2C21H30N10O.2CH4/c2*1-16(2)15-35-23-20(29-25(35)34-6-4-32(5-7-34)19(37)12-17(3)36)22(33-8-10-38-11-9-33)30-21(31-23)18-13-27-24(26)28-14-18;2*1-14(2)13-31-19-16(26-21(31)30-5-3-23-4-6-30)18(29-7-9-32-10-8-29)27-17(28-19)15-11-24-20(22)25-12-15;;/h2*13-14,16-17,36H,4-12,15H2,1-3H3,(H2,26,27,28);2*11-12,14,23H,3-10,13H2,1-2H3,(H2,22,24,25);2*1H4/t2*17-;;;;/m11..../s1. The fourth-order valence-electron chi connectivity index (χ4n) is 18.1. The largest absolute Gasteiger partial charge is 0.393 e. The summed E-state index contributed by atoms with van der Waals surface area (Å²) in [5.74, 6) is 11.4. The maximum Gasteiger partial charge on any atom is 0.225 e. The van der Waals surface area contributed by atoms with Gasteiger partial charge in [-0.05, 0) is 37.5 Å². The molecule has 0 bridgehead atoms. The van der Waals surface area contributed by atoms with E-state index < -0.39 is 12.2 Å². The van der Waals surface area contributed by atoms with Crippen LogP contribution in [0.4, 0.5) is 70.9 Å². The number of ether oxygens (including phenoxy) is 4. The number of hydrogen-bond acceptors (Lipinski definition) is 42. The second-order valence-corrected chi connectivity index (χ2v) is 37.9. The van der Waals surface area contributed by atoms with Crippen molar-refractivity contribution < 1.29 is 38.7 Å². The monoisotopic (exact) mass is 1960 g/mol. The number of rotatable bonds is 24. The highest BCUT2D eigenvalue weighted by Crippen LogP contribution is 2.39. The van der Waals surface area contributed by atoms with E-state index in [1.807, 2.05) is 9.80 Å². The Morgan fingerprint density at radius 1 is 0.296 bits per heavy atom. The van der Waals surface area contributed by atoms with Crippen LogP contribution in [0, 0.1) is 23.7 Å². The van der Waals surface area contributed by atoms with E-state index in [9.17, 15) is 19.8 Å². The Morgan fingerprint density at radius 3 is 0.697 bits per heavy atom. The molecule has 764 valence electrons. The first-order valence-electron chi connectivity index (χ1n) is 48.9. The van der Waals surface area contributed by atoms with Gasteiger partial charge in [0.2, 0.25) is 59.4 Å². The molecule has 12 aromatic heterocycles. The predicted molar refractivity (Wildman–Crippen MR) is 548 cm³/mol. The van der Waals surface area contributed by atoms with Gasteiger partial charge in [0.15, 0.2) is 91.2 Å². The highest BCUT2D eigenvalue weighted by Gasteiger charge is 2.36. The summed E-state index contributed by atoms with van der Waals surface area (Å²) in [5.41, 5.74) is 32.0. The number of carbonyl (C=O) groups excluding carboxylic acids is 2. The summed E-state index contributed by atoms with van der Waals surface area (Å²) in [4.78, 5) is 140. The Kier molecular flexibility index (Phi) is 34.2. The van der Waals surface area contributed by atoms with Crippen molar-refractivity contribution in [3.8, 4) is 45.6 Å². The minimum absolute atomic E-state index is 0. The predicted octanol–water partition coefficient (Wildman–Crippen LogP) is 4.36. The number of fused-ring (bicyclic) bond motifs is 4. The second-order valence-electron chi connectivity index (χ2n) is 37.9. The summed E-state index contributed by atoms with van der Waals surface area (Å²) in [6.45, 7) is 47.3. The molecule has 8 aliphatic rings. The van der Waals surface area contributed by atoms with Crippen molar-refractivity contribution in [3.63, 3.8) is 0 Å². The zero-order valence-corrected chi connectivity index (χ0v) is 81.8. The van der Waals surface area contributed by atoms with Gasteiger partial charge in [-0.25, -0.2) is 99.7 Å². The molecule has 20 rings (SSSR count). The van der Waals surface area contributed by atoms with Crippen molar-refractivity contribution in [2.75, 3.05) is 272 Å². The molecule has 0 unspecified atom stereocenters. The van der Waals surface area contributed by atoms with E-state index in [-0.39, 0.29) is 63.3 Å². The molecule has 12 aromatic rings. The lowest BCUT2D eigenvalue weighted by molar-refractivity contribution is -0.134. The number of imidazole rings is 4. The third kappa shape index (κ3) is 24.4. The number of amides is 2. The number of aliphatic hydroxyl groups is 2. The van der Waals surface area contributed by atoms with Gasteiger partial charge in [0.05, 0.1) is 100 Å². The highest BCUT2D eigenvalue weighted by molar-refractivity contribution is 5.92. The van der Waals surface area contributed by atoms with E-state index in [2.05, 4.69) is 163 Å². The van der Waals surface area contributed by atoms with Gasteiger partial charge >= 0.3 is 0 Å². The molecule has 48 nitrogen and oxygen atoms in total. The number of nitrogen functional groups attached to an aromatic ring is 4. The van der Waals surface area contributed by atoms with Crippen molar-refractivity contribution >= 4 is 127 Å². The molecular formula is C94H140N40O8. The van der Waals surface area contributed by atoms with Crippen LogP contribution >= 0.6 is 0 Å². The van der Waals surface area contributed by atoms with E-state index in [0.717, 1.165) is 208 Å². The highest BCUT2D eigenvalue weighted by atomic mass is 16.5. The second kappa shape index (κ2) is 47.1. The van der Waals surface area contributed by atoms with Gasteiger partial charge in [0.25, 0.3) is 0 Å². The van der Waals surface area contributed by atoms with Crippen LogP contribution in [-0.2, 0) is 54.7 Å². The summed E-state index contributed by atoms with van der Waals surface area (Å²) in [7, 11) is 0. The van der Waals surface area contributed by atoms with Crippen LogP contribution in [0.1, 0.15) is 96.9 Å². The molecule has 8 fully saturated rings. The first kappa shape index (κ1) is 103. The average molecular weight is 1960 g/mol. The van der Waals surface area contributed by atoms with Gasteiger partial charge in [-0.1, -0.05) is 70.2 Å². The van der Waals surface area contributed by atoms with Crippen molar-refractivity contribution in [1.82, 2.24) is 138 Å². The number of aliphatic hydroxyl groups excluding tert-OH is 2. The maximum absolute atomic E-state index is 12.5. The third-order valence-electron chi connectivity index (χ3n) is 24.9. The van der Waals surface area contributed by atoms with Crippen molar-refractivity contribution in [2.24, 2.45) is 23.7 Å². The molecule has 0 aliphatic carbocycles.